The SMILES string of the molecule is CCCCOCCOCC(O)CNc1ccc(Cl)cc1Br. The summed E-state index contributed by atoms with van der Waals surface area (Å²) in [5.74, 6) is 0. The highest BCUT2D eigenvalue weighted by molar-refractivity contribution is 9.10. The molecular formula is C15H23BrClNO3. The smallest absolute Gasteiger partial charge is 0.0945 e. The van der Waals surface area contributed by atoms with Crippen molar-refractivity contribution in [2.24, 2.45) is 0 Å². The molecule has 1 rings (SSSR count). The van der Waals surface area contributed by atoms with Crippen molar-refractivity contribution in [2.75, 3.05) is 38.3 Å². The Balaban J connectivity index is 2.09. The lowest BCUT2D eigenvalue weighted by Gasteiger charge is -2.14. The van der Waals surface area contributed by atoms with Gasteiger partial charge in [-0.3, -0.25) is 0 Å². The van der Waals surface area contributed by atoms with E-state index in [0.717, 1.165) is 29.6 Å². The van der Waals surface area contributed by atoms with Crippen molar-refractivity contribution in [3.8, 4) is 0 Å². The lowest BCUT2D eigenvalue weighted by atomic mass is 10.3. The van der Waals surface area contributed by atoms with E-state index in [2.05, 4.69) is 28.2 Å². The van der Waals surface area contributed by atoms with Gasteiger partial charge in [-0.2, -0.15) is 0 Å². The Labute approximate surface area is 139 Å². The minimum absolute atomic E-state index is 0.287. The fourth-order valence-corrected chi connectivity index (χ4v) is 2.43. The molecule has 0 aliphatic carbocycles. The van der Waals surface area contributed by atoms with E-state index in [9.17, 15) is 5.11 Å². The molecule has 2 N–H and O–H groups in total. The van der Waals surface area contributed by atoms with E-state index in [-0.39, 0.29) is 6.61 Å². The van der Waals surface area contributed by atoms with Crippen LogP contribution in [0.3, 0.4) is 0 Å². The average molecular weight is 381 g/mol. The van der Waals surface area contributed by atoms with Crippen LogP contribution < -0.4 is 5.32 Å². The molecular weight excluding hydrogens is 358 g/mol. The maximum atomic E-state index is 9.83. The Hall–Kier alpha value is -0.330. The van der Waals surface area contributed by atoms with Crippen LogP contribution in [0.1, 0.15) is 19.8 Å². The Morgan fingerprint density at radius 3 is 2.76 bits per heavy atom. The third-order valence-corrected chi connectivity index (χ3v) is 3.67. The van der Waals surface area contributed by atoms with Crippen molar-refractivity contribution in [3.05, 3.63) is 27.7 Å². The van der Waals surface area contributed by atoms with E-state index in [1.54, 1.807) is 12.1 Å². The van der Waals surface area contributed by atoms with E-state index >= 15 is 0 Å². The van der Waals surface area contributed by atoms with Crippen LogP contribution in [0, 0.1) is 0 Å². The first-order valence-electron chi connectivity index (χ1n) is 7.16. The molecule has 0 amide bonds. The van der Waals surface area contributed by atoms with Gasteiger partial charge in [0.05, 0.1) is 25.9 Å². The van der Waals surface area contributed by atoms with E-state index in [4.69, 9.17) is 21.1 Å². The third kappa shape index (κ3) is 8.63. The van der Waals surface area contributed by atoms with Gasteiger partial charge in [0.25, 0.3) is 0 Å². The molecule has 21 heavy (non-hydrogen) atoms. The number of nitrogens with one attached hydrogen (secondary N) is 1. The van der Waals surface area contributed by atoms with Crippen LogP contribution in [0.2, 0.25) is 5.02 Å². The minimum atomic E-state index is -0.566. The van der Waals surface area contributed by atoms with Gasteiger partial charge >= 0.3 is 0 Å². The Kier molecular flexibility index (Phi) is 10.0. The maximum Gasteiger partial charge on any atom is 0.0945 e. The van der Waals surface area contributed by atoms with Gasteiger partial charge in [-0.25, -0.2) is 0 Å². The highest BCUT2D eigenvalue weighted by Crippen LogP contribution is 2.25. The van der Waals surface area contributed by atoms with E-state index in [0.29, 0.717) is 24.8 Å². The molecule has 0 bridgehead atoms. The van der Waals surface area contributed by atoms with Gasteiger partial charge in [-0.1, -0.05) is 24.9 Å². The van der Waals surface area contributed by atoms with Gasteiger partial charge in [0.2, 0.25) is 0 Å². The van der Waals surface area contributed by atoms with Crippen LogP contribution in [0.25, 0.3) is 0 Å². The zero-order valence-electron chi connectivity index (χ0n) is 12.3. The summed E-state index contributed by atoms with van der Waals surface area (Å²) < 4.78 is 11.6. The number of hydrogen-bond acceptors (Lipinski definition) is 4. The molecule has 0 saturated heterocycles. The highest BCUT2D eigenvalue weighted by atomic mass is 79.9. The summed E-state index contributed by atoms with van der Waals surface area (Å²) in [6, 6.07) is 5.47. The molecule has 1 aromatic rings. The molecule has 120 valence electrons. The van der Waals surface area contributed by atoms with Crippen LogP contribution in [0.5, 0.6) is 0 Å². The molecule has 0 aliphatic heterocycles. The van der Waals surface area contributed by atoms with Crippen LogP contribution in [0.15, 0.2) is 22.7 Å². The number of halogens is 2. The lowest BCUT2D eigenvalue weighted by molar-refractivity contribution is 0.00749. The highest BCUT2D eigenvalue weighted by Gasteiger charge is 2.06. The van der Waals surface area contributed by atoms with Crippen LogP contribution in [0.4, 0.5) is 5.69 Å². The molecule has 0 heterocycles. The van der Waals surface area contributed by atoms with E-state index < -0.39 is 6.10 Å². The summed E-state index contributed by atoms with van der Waals surface area (Å²) in [5, 5.41) is 13.6. The van der Waals surface area contributed by atoms with Gasteiger partial charge in [-0.15, -0.1) is 0 Å². The van der Waals surface area contributed by atoms with E-state index in [1.807, 2.05) is 6.07 Å². The predicted octanol–water partition coefficient (Wildman–Crippen LogP) is 3.71. The second-order valence-corrected chi connectivity index (χ2v) is 5.99. The monoisotopic (exact) mass is 379 g/mol. The molecule has 1 aromatic carbocycles. The van der Waals surface area contributed by atoms with Crippen LogP contribution in [-0.2, 0) is 9.47 Å². The maximum absolute atomic E-state index is 9.83. The van der Waals surface area contributed by atoms with Gasteiger partial charge in [-0.05, 0) is 40.5 Å². The molecule has 0 saturated carbocycles. The summed E-state index contributed by atoms with van der Waals surface area (Å²) in [7, 11) is 0. The number of anilines is 1. The lowest BCUT2D eigenvalue weighted by Crippen LogP contribution is -2.25. The Morgan fingerprint density at radius 2 is 2.05 bits per heavy atom. The molecule has 0 aliphatic rings. The number of aliphatic hydroxyl groups excluding tert-OH is 1. The Bertz CT molecular complexity index is 407. The van der Waals surface area contributed by atoms with Crippen molar-refractivity contribution in [1.82, 2.24) is 0 Å². The molecule has 1 atom stereocenters. The molecule has 0 aromatic heterocycles. The van der Waals surface area contributed by atoms with Crippen molar-refractivity contribution in [3.63, 3.8) is 0 Å². The van der Waals surface area contributed by atoms with Crippen LogP contribution >= 0.6 is 27.5 Å². The predicted molar refractivity (Wildman–Crippen MR) is 90.2 cm³/mol. The van der Waals surface area contributed by atoms with Crippen molar-refractivity contribution in [2.45, 2.75) is 25.9 Å². The van der Waals surface area contributed by atoms with Gasteiger partial charge < -0.3 is 19.9 Å². The zero-order valence-corrected chi connectivity index (χ0v) is 14.6. The minimum Gasteiger partial charge on any atom is -0.389 e. The van der Waals surface area contributed by atoms with Crippen LogP contribution in [-0.4, -0.2) is 44.2 Å². The average Bonchev–Trinajstić information content (AvgIpc) is 2.45. The summed E-state index contributed by atoms with van der Waals surface area (Å²) in [6.07, 6.45) is 1.64. The summed E-state index contributed by atoms with van der Waals surface area (Å²) >= 11 is 9.29. The molecule has 4 nitrogen and oxygen atoms in total. The largest absolute Gasteiger partial charge is 0.389 e. The number of benzene rings is 1. The molecule has 0 spiro atoms. The quantitative estimate of drug-likeness (QED) is 0.575. The van der Waals surface area contributed by atoms with Gasteiger partial charge in [0.15, 0.2) is 0 Å². The van der Waals surface area contributed by atoms with E-state index in [1.165, 1.54) is 0 Å². The topological polar surface area (TPSA) is 50.7 Å². The Morgan fingerprint density at radius 1 is 1.29 bits per heavy atom. The summed E-state index contributed by atoms with van der Waals surface area (Å²) in [5.41, 5.74) is 0.890. The standard InChI is InChI=1S/C15H23BrClNO3/c1-2-3-6-20-7-8-21-11-13(19)10-18-15-5-4-12(17)9-14(15)16/h4-5,9,13,18-19H,2-3,6-8,10-11H2,1H3. The first-order chi connectivity index (χ1) is 10.1. The summed E-state index contributed by atoms with van der Waals surface area (Å²) in [6.45, 7) is 4.68. The second kappa shape index (κ2) is 11.3. The first-order valence-corrected chi connectivity index (χ1v) is 8.33. The summed E-state index contributed by atoms with van der Waals surface area (Å²) in [4.78, 5) is 0. The van der Waals surface area contributed by atoms with Crippen molar-refractivity contribution >= 4 is 33.2 Å². The first kappa shape index (κ1) is 18.7. The molecule has 0 fully saturated rings. The second-order valence-electron chi connectivity index (χ2n) is 4.70. The normalized spacial score (nSPS) is 12.4. The van der Waals surface area contributed by atoms with Crippen molar-refractivity contribution in [1.29, 1.82) is 0 Å². The zero-order chi connectivity index (χ0) is 15.5. The number of aliphatic hydroxyl groups is 1. The molecule has 6 heteroatoms. The number of unbranched alkanes of at least 4 members (excludes halogenated alkanes) is 1. The number of ether oxygens (including phenoxy) is 2. The van der Waals surface area contributed by atoms with Gasteiger partial charge in [0, 0.05) is 28.3 Å². The van der Waals surface area contributed by atoms with Gasteiger partial charge in [0.1, 0.15) is 0 Å². The molecule has 1 unspecified atom stereocenters. The van der Waals surface area contributed by atoms with Crippen molar-refractivity contribution < 1.29 is 14.6 Å². The number of hydrogen-bond donors (Lipinski definition) is 2. The molecule has 0 radical (unpaired) electrons. The third-order valence-electron chi connectivity index (χ3n) is 2.78. The number of rotatable bonds is 11. The fourth-order valence-electron chi connectivity index (χ4n) is 1.61. The fraction of sp³-hybridized carbons (Fsp3) is 0.600.